The van der Waals surface area contributed by atoms with Crippen molar-refractivity contribution >= 4 is 40.1 Å². The summed E-state index contributed by atoms with van der Waals surface area (Å²) in [5.74, 6) is -0.248. The lowest BCUT2D eigenvalue weighted by molar-refractivity contribution is -0.147. The number of para-hydroxylation sites is 2. The monoisotopic (exact) mass is 499 g/mol. The topological polar surface area (TPSA) is 119 Å². The first kappa shape index (κ1) is 23.9. The zero-order valence-electron chi connectivity index (χ0n) is 19.9. The number of aromatic nitrogens is 1. The molecule has 188 valence electrons. The van der Waals surface area contributed by atoms with E-state index in [1.807, 2.05) is 30.5 Å². The molecular formula is C28H25N3O6. The normalized spacial score (nSPS) is 11.8. The summed E-state index contributed by atoms with van der Waals surface area (Å²) in [6.45, 7) is -0.305. The van der Waals surface area contributed by atoms with Crippen LogP contribution in [0.25, 0.3) is 10.9 Å². The van der Waals surface area contributed by atoms with Gasteiger partial charge in [-0.25, -0.2) is 0 Å². The molecule has 3 N–H and O–H groups in total. The number of hydrogen-bond donors (Lipinski definition) is 3. The number of fused-ring (bicyclic) bond motifs is 2. The number of nitrogens with one attached hydrogen (secondary N) is 3. The van der Waals surface area contributed by atoms with E-state index in [1.165, 1.54) is 0 Å². The summed E-state index contributed by atoms with van der Waals surface area (Å²) < 4.78 is 15.8. The van der Waals surface area contributed by atoms with E-state index in [0.717, 1.165) is 22.9 Å². The van der Waals surface area contributed by atoms with E-state index in [2.05, 4.69) is 15.6 Å². The molecule has 0 spiro atoms. The Morgan fingerprint density at radius 2 is 1.73 bits per heavy atom. The zero-order valence-corrected chi connectivity index (χ0v) is 19.9. The molecule has 0 saturated heterocycles. The van der Waals surface area contributed by atoms with Gasteiger partial charge in [-0.1, -0.05) is 30.3 Å². The average Bonchev–Trinajstić information content (AvgIpc) is 3.54. The predicted molar refractivity (Wildman–Crippen MR) is 138 cm³/mol. The van der Waals surface area contributed by atoms with Crippen LogP contribution < -0.4 is 20.1 Å². The molecule has 0 atom stereocenters. The molecule has 0 radical (unpaired) electrons. The number of benzene rings is 3. The Bertz CT molecular complexity index is 1460. The molecule has 4 aromatic rings. The second-order valence-electron chi connectivity index (χ2n) is 8.49. The molecule has 9 nitrogen and oxygen atoms in total. The van der Waals surface area contributed by atoms with Crippen LogP contribution in [0.4, 0.5) is 11.4 Å². The third-order valence-electron chi connectivity index (χ3n) is 5.94. The van der Waals surface area contributed by atoms with E-state index in [-0.39, 0.29) is 18.8 Å². The van der Waals surface area contributed by atoms with E-state index in [0.29, 0.717) is 29.3 Å². The fourth-order valence-corrected chi connectivity index (χ4v) is 4.13. The lowest BCUT2D eigenvalue weighted by Crippen LogP contribution is -2.23. The molecule has 5 rings (SSSR count). The second kappa shape index (κ2) is 10.9. The van der Waals surface area contributed by atoms with Crippen molar-refractivity contribution in [2.45, 2.75) is 19.3 Å². The van der Waals surface area contributed by atoms with Gasteiger partial charge in [-0.2, -0.15) is 0 Å². The van der Waals surface area contributed by atoms with E-state index < -0.39 is 24.4 Å². The van der Waals surface area contributed by atoms with Gasteiger partial charge in [-0.05, 0) is 48.7 Å². The number of hydrogen-bond acceptors (Lipinski definition) is 6. The maximum Gasteiger partial charge on any atom is 0.306 e. The lowest BCUT2D eigenvalue weighted by atomic mass is 10.1. The van der Waals surface area contributed by atoms with Gasteiger partial charge in [0.05, 0.1) is 11.3 Å². The Labute approximate surface area is 212 Å². The fraction of sp³-hybridized carbons (Fsp3) is 0.179. The van der Waals surface area contributed by atoms with E-state index in [4.69, 9.17) is 14.2 Å². The van der Waals surface area contributed by atoms with Crippen molar-refractivity contribution in [1.29, 1.82) is 0 Å². The Morgan fingerprint density at radius 1 is 0.919 bits per heavy atom. The van der Waals surface area contributed by atoms with Crippen molar-refractivity contribution in [2.75, 3.05) is 24.0 Å². The molecule has 2 heterocycles. The Balaban J connectivity index is 1.10. The van der Waals surface area contributed by atoms with Gasteiger partial charge in [-0.3, -0.25) is 14.4 Å². The van der Waals surface area contributed by atoms with Crippen LogP contribution in [0.3, 0.4) is 0 Å². The molecular weight excluding hydrogens is 474 g/mol. The molecule has 0 unspecified atom stereocenters. The number of aromatic amines is 1. The summed E-state index contributed by atoms with van der Waals surface area (Å²) in [5, 5.41) is 6.57. The summed E-state index contributed by atoms with van der Waals surface area (Å²) in [5.41, 5.74) is 3.29. The fourth-order valence-electron chi connectivity index (χ4n) is 4.13. The summed E-state index contributed by atoms with van der Waals surface area (Å²) in [6.07, 6.45) is 3.47. The minimum absolute atomic E-state index is 0.135. The minimum atomic E-state index is -0.534. The maximum absolute atomic E-state index is 12.9. The number of esters is 1. The lowest BCUT2D eigenvalue weighted by Gasteiger charge is -2.12. The second-order valence-corrected chi connectivity index (χ2v) is 8.49. The summed E-state index contributed by atoms with van der Waals surface area (Å²) in [4.78, 5) is 40.7. The molecule has 0 fully saturated rings. The molecule has 3 aromatic carbocycles. The minimum Gasteiger partial charge on any atom is -0.456 e. The van der Waals surface area contributed by atoms with Crippen LogP contribution in [-0.2, 0) is 20.7 Å². The number of amides is 2. The first-order chi connectivity index (χ1) is 18.1. The number of H-pyrrole nitrogens is 1. The van der Waals surface area contributed by atoms with Gasteiger partial charge < -0.3 is 29.8 Å². The van der Waals surface area contributed by atoms with E-state index in [1.54, 1.807) is 42.5 Å². The van der Waals surface area contributed by atoms with E-state index >= 15 is 0 Å². The van der Waals surface area contributed by atoms with Gasteiger partial charge in [0.2, 0.25) is 6.79 Å². The highest BCUT2D eigenvalue weighted by molar-refractivity contribution is 6.10. The highest BCUT2D eigenvalue weighted by atomic mass is 16.7. The Kier molecular flexibility index (Phi) is 7.02. The van der Waals surface area contributed by atoms with Gasteiger partial charge in [0.1, 0.15) is 0 Å². The standard InChI is InChI=1S/C28H25N3O6/c32-26(16-35-27(33)11-5-6-18-15-29-22-9-3-1-7-20(18)22)31-23-10-4-2-8-21(23)28(34)30-19-12-13-24-25(14-19)37-17-36-24/h1-4,7-10,12-15,29H,5-6,11,16-17H2,(H,30,34)(H,31,32). The highest BCUT2D eigenvalue weighted by Gasteiger charge is 2.17. The third-order valence-corrected chi connectivity index (χ3v) is 5.94. The maximum atomic E-state index is 12.9. The van der Waals surface area contributed by atoms with Gasteiger partial charge in [-0.15, -0.1) is 0 Å². The summed E-state index contributed by atoms with van der Waals surface area (Å²) in [7, 11) is 0. The summed E-state index contributed by atoms with van der Waals surface area (Å²) in [6, 6.07) is 19.7. The van der Waals surface area contributed by atoms with Gasteiger partial charge >= 0.3 is 5.97 Å². The van der Waals surface area contributed by atoms with Crippen LogP contribution in [-0.4, -0.2) is 36.2 Å². The van der Waals surface area contributed by atoms with Crippen molar-refractivity contribution in [1.82, 2.24) is 4.98 Å². The molecule has 2 amide bonds. The summed E-state index contributed by atoms with van der Waals surface area (Å²) >= 11 is 0. The van der Waals surface area contributed by atoms with Crippen molar-refractivity contribution in [3.63, 3.8) is 0 Å². The average molecular weight is 500 g/mol. The van der Waals surface area contributed by atoms with Crippen LogP contribution in [0.15, 0.2) is 72.9 Å². The molecule has 1 aliphatic heterocycles. The van der Waals surface area contributed by atoms with Crippen LogP contribution in [0.5, 0.6) is 11.5 Å². The molecule has 1 aromatic heterocycles. The van der Waals surface area contributed by atoms with Crippen molar-refractivity contribution in [3.05, 3.63) is 84.1 Å². The molecule has 0 bridgehead atoms. The van der Waals surface area contributed by atoms with Crippen molar-refractivity contribution in [2.24, 2.45) is 0 Å². The smallest absolute Gasteiger partial charge is 0.306 e. The van der Waals surface area contributed by atoms with E-state index in [9.17, 15) is 14.4 Å². The Hall–Kier alpha value is -4.79. The number of anilines is 2. The van der Waals surface area contributed by atoms with Crippen LogP contribution in [0.2, 0.25) is 0 Å². The largest absolute Gasteiger partial charge is 0.456 e. The molecule has 37 heavy (non-hydrogen) atoms. The molecule has 0 saturated carbocycles. The number of carbonyl (C=O) groups excluding carboxylic acids is 3. The third kappa shape index (κ3) is 5.72. The Morgan fingerprint density at radius 3 is 2.65 bits per heavy atom. The zero-order chi connectivity index (χ0) is 25.6. The number of carbonyl (C=O) groups is 3. The van der Waals surface area contributed by atoms with Crippen LogP contribution >= 0.6 is 0 Å². The predicted octanol–water partition coefficient (Wildman–Crippen LogP) is 4.65. The molecule has 9 heteroatoms. The SMILES string of the molecule is O=C(COC(=O)CCCc1c[nH]c2ccccc12)Nc1ccccc1C(=O)Nc1ccc2c(c1)OCO2. The quantitative estimate of drug-likeness (QED) is 0.289. The van der Waals surface area contributed by atoms with Crippen LogP contribution in [0.1, 0.15) is 28.8 Å². The number of ether oxygens (including phenoxy) is 3. The van der Waals surface area contributed by atoms with Gasteiger partial charge in [0.15, 0.2) is 18.1 Å². The molecule has 1 aliphatic rings. The van der Waals surface area contributed by atoms with Gasteiger partial charge in [0.25, 0.3) is 11.8 Å². The van der Waals surface area contributed by atoms with Crippen molar-refractivity contribution < 1.29 is 28.6 Å². The van der Waals surface area contributed by atoms with Gasteiger partial charge in [0, 0.05) is 35.3 Å². The number of aryl methyl sites for hydroxylation is 1. The number of rotatable bonds is 9. The molecule has 0 aliphatic carbocycles. The highest BCUT2D eigenvalue weighted by Crippen LogP contribution is 2.34. The van der Waals surface area contributed by atoms with Crippen LogP contribution in [0, 0.1) is 0 Å². The van der Waals surface area contributed by atoms with Crippen molar-refractivity contribution in [3.8, 4) is 11.5 Å². The first-order valence-electron chi connectivity index (χ1n) is 11.9. The first-order valence-corrected chi connectivity index (χ1v) is 11.9.